The number of nitrogens with zero attached hydrogens (tertiary/aromatic N) is 5. The monoisotopic (exact) mass is 768 g/mol. The van der Waals surface area contributed by atoms with E-state index in [4.69, 9.17) is 19.5 Å². The molecular formula is C47H56N6O4. The summed E-state index contributed by atoms with van der Waals surface area (Å²) in [7, 11) is 0. The third-order valence-corrected chi connectivity index (χ3v) is 11.5. The molecule has 1 aromatic heterocycles. The number of carbonyl (C=O) groups excluding carboxylic acids is 2. The SMILES string of the molecule is CC(C)(C)OC(=O)N1CCC[C@H]1C1=NC(c2ccc(C3CCC(c4ccc(-c5cnc([C@@H]6CCCN6C(=O)OC(C)(C)C)[nH]5)cc4)N3c3ccccc3)cc2)=CC1. The number of H-pyrrole nitrogens is 1. The highest BCUT2D eigenvalue weighted by molar-refractivity contribution is 6.00. The summed E-state index contributed by atoms with van der Waals surface area (Å²) in [6, 6.07) is 28.9. The fourth-order valence-electron chi connectivity index (χ4n) is 8.92. The van der Waals surface area contributed by atoms with Crippen molar-refractivity contribution in [3.05, 3.63) is 114 Å². The molecule has 2 amide bonds. The Morgan fingerprint density at radius 3 is 1.79 bits per heavy atom. The molecule has 2 unspecified atom stereocenters. The zero-order valence-electron chi connectivity index (χ0n) is 34.2. The van der Waals surface area contributed by atoms with Crippen molar-refractivity contribution in [2.75, 3.05) is 18.0 Å². The van der Waals surface area contributed by atoms with E-state index < -0.39 is 11.2 Å². The molecule has 5 heterocycles. The third kappa shape index (κ3) is 8.36. The van der Waals surface area contributed by atoms with E-state index in [1.807, 2.05) is 52.6 Å². The number of benzene rings is 3. The van der Waals surface area contributed by atoms with Crippen molar-refractivity contribution in [2.45, 2.75) is 122 Å². The minimum Gasteiger partial charge on any atom is -0.444 e. The van der Waals surface area contributed by atoms with Crippen molar-refractivity contribution in [2.24, 2.45) is 4.99 Å². The van der Waals surface area contributed by atoms with Crippen molar-refractivity contribution in [1.29, 1.82) is 0 Å². The van der Waals surface area contributed by atoms with Crippen LogP contribution >= 0.6 is 0 Å². The van der Waals surface area contributed by atoms with Crippen molar-refractivity contribution in [3.63, 3.8) is 0 Å². The molecule has 10 heteroatoms. The number of likely N-dealkylation sites (tertiary alicyclic amines) is 2. The molecule has 3 saturated heterocycles. The Morgan fingerprint density at radius 2 is 1.21 bits per heavy atom. The van der Waals surface area contributed by atoms with Crippen LogP contribution in [0.2, 0.25) is 0 Å². The summed E-state index contributed by atoms with van der Waals surface area (Å²) in [4.78, 5) is 45.5. The maximum atomic E-state index is 13.0. The van der Waals surface area contributed by atoms with Crippen LogP contribution in [0.25, 0.3) is 17.0 Å². The predicted octanol–water partition coefficient (Wildman–Crippen LogP) is 10.8. The number of aromatic amines is 1. The largest absolute Gasteiger partial charge is 0.444 e. The second-order valence-electron chi connectivity index (χ2n) is 17.8. The van der Waals surface area contributed by atoms with Crippen molar-refractivity contribution < 1.29 is 19.1 Å². The lowest BCUT2D eigenvalue weighted by molar-refractivity contribution is 0.0216. The Kier molecular flexibility index (Phi) is 10.5. The number of imidazole rings is 1. The van der Waals surface area contributed by atoms with Crippen LogP contribution < -0.4 is 4.90 Å². The number of hydrogen-bond acceptors (Lipinski definition) is 7. The minimum atomic E-state index is -0.542. The highest BCUT2D eigenvalue weighted by atomic mass is 16.6. The quantitative estimate of drug-likeness (QED) is 0.201. The maximum Gasteiger partial charge on any atom is 0.410 e. The van der Waals surface area contributed by atoms with Crippen LogP contribution in [0.15, 0.2) is 96.1 Å². The number of nitrogens with one attached hydrogen (secondary N) is 1. The lowest BCUT2D eigenvalue weighted by Crippen LogP contribution is -2.43. The van der Waals surface area contributed by atoms with E-state index in [1.54, 1.807) is 4.90 Å². The Labute approximate surface area is 337 Å². The van der Waals surface area contributed by atoms with E-state index in [2.05, 4.69) is 94.8 Å². The summed E-state index contributed by atoms with van der Waals surface area (Å²) in [6.07, 6.45) is 10.0. The van der Waals surface area contributed by atoms with Gasteiger partial charge in [-0.1, -0.05) is 72.8 Å². The number of aliphatic imine (C=N–C) groups is 1. The second-order valence-corrected chi connectivity index (χ2v) is 17.8. The Balaban J connectivity index is 0.969. The zero-order valence-corrected chi connectivity index (χ0v) is 34.2. The van der Waals surface area contributed by atoms with Crippen LogP contribution in [0.3, 0.4) is 0 Å². The van der Waals surface area contributed by atoms with Crippen molar-refractivity contribution >= 4 is 29.3 Å². The molecule has 4 aliphatic rings. The molecule has 0 aliphatic carbocycles. The molecule has 0 saturated carbocycles. The van der Waals surface area contributed by atoms with E-state index in [0.717, 1.165) is 79.0 Å². The molecule has 57 heavy (non-hydrogen) atoms. The van der Waals surface area contributed by atoms with Gasteiger partial charge in [0.05, 0.1) is 41.8 Å². The van der Waals surface area contributed by atoms with Gasteiger partial charge < -0.3 is 19.4 Å². The van der Waals surface area contributed by atoms with Gasteiger partial charge in [-0.15, -0.1) is 0 Å². The van der Waals surface area contributed by atoms with E-state index in [1.165, 1.54) is 16.8 Å². The molecule has 4 aromatic rings. The van der Waals surface area contributed by atoms with E-state index in [9.17, 15) is 9.59 Å². The number of para-hydroxylation sites is 1. The van der Waals surface area contributed by atoms with E-state index in [0.29, 0.717) is 13.1 Å². The van der Waals surface area contributed by atoms with Crippen molar-refractivity contribution in [3.8, 4) is 11.3 Å². The third-order valence-electron chi connectivity index (χ3n) is 11.5. The van der Waals surface area contributed by atoms with E-state index >= 15 is 0 Å². The van der Waals surface area contributed by atoms with Gasteiger partial charge in [0.15, 0.2) is 0 Å². The fraction of sp³-hybridized carbons (Fsp3) is 0.447. The maximum absolute atomic E-state index is 13.0. The molecular weight excluding hydrogens is 713 g/mol. The second kappa shape index (κ2) is 15.5. The van der Waals surface area contributed by atoms with Crippen LogP contribution in [0.1, 0.15) is 127 Å². The topological polar surface area (TPSA) is 103 Å². The van der Waals surface area contributed by atoms with Gasteiger partial charge in [-0.3, -0.25) is 14.8 Å². The number of ether oxygens (including phenoxy) is 2. The van der Waals surface area contributed by atoms with E-state index in [-0.39, 0.29) is 36.4 Å². The molecule has 0 radical (unpaired) electrons. The summed E-state index contributed by atoms with van der Waals surface area (Å²) < 4.78 is 11.4. The van der Waals surface area contributed by atoms with Crippen LogP contribution in [-0.2, 0) is 9.47 Å². The smallest absolute Gasteiger partial charge is 0.410 e. The number of rotatable bonds is 7. The first-order valence-electron chi connectivity index (χ1n) is 20.7. The fourth-order valence-corrected chi connectivity index (χ4v) is 8.92. The molecule has 8 rings (SSSR count). The number of amides is 2. The summed E-state index contributed by atoms with van der Waals surface area (Å²) >= 11 is 0. The average molecular weight is 769 g/mol. The summed E-state index contributed by atoms with van der Waals surface area (Å²) in [5.74, 6) is 0.799. The number of allylic oxidation sites excluding steroid dienone is 1. The first-order chi connectivity index (χ1) is 27.3. The minimum absolute atomic E-state index is 0.0116. The molecule has 3 aromatic carbocycles. The number of aromatic nitrogens is 2. The highest BCUT2D eigenvalue weighted by Crippen LogP contribution is 2.47. The molecule has 1 N–H and O–H groups in total. The molecule has 4 atom stereocenters. The number of carbonyl (C=O) groups is 2. The Bertz CT molecular complexity index is 2130. The highest BCUT2D eigenvalue weighted by Gasteiger charge is 2.38. The number of anilines is 1. The van der Waals surface area contributed by atoms with Crippen LogP contribution in [-0.4, -0.2) is 68.0 Å². The van der Waals surface area contributed by atoms with Crippen LogP contribution in [0.4, 0.5) is 15.3 Å². The normalized spacial score (nSPS) is 22.5. The van der Waals surface area contributed by atoms with Gasteiger partial charge in [0.2, 0.25) is 0 Å². The van der Waals surface area contributed by atoms with Gasteiger partial charge in [0.1, 0.15) is 17.0 Å². The summed E-state index contributed by atoms with van der Waals surface area (Å²) in [5, 5.41) is 0. The lowest BCUT2D eigenvalue weighted by Gasteiger charge is -2.33. The van der Waals surface area contributed by atoms with Gasteiger partial charge in [-0.05, 0) is 114 Å². The average Bonchev–Trinajstić information content (AvgIpc) is 4.02. The summed E-state index contributed by atoms with van der Waals surface area (Å²) in [5.41, 5.74) is 7.83. The van der Waals surface area contributed by atoms with Crippen LogP contribution in [0, 0.1) is 0 Å². The first kappa shape index (κ1) is 38.5. The first-order valence-corrected chi connectivity index (χ1v) is 20.7. The Hall–Kier alpha value is -5.38. The standard InChI is InChI=1S/C47H56N6O4/c1-46(2,3)56-44(54)51-28-10-14-41(51)37-25-24-36(49-37)31-16-20-33(21-17-31)39-26-27-40(53(39)35-12-8-7-9-13-35)34-22-18-32(19-23-34)38-30-48-43(50-38)42-15-11-29-52(42)45(55)57-47(4,5)6/h7-9,12-13,16-24,30,39-42H,10-11,14-15,25-29H2,1-6H3,(H,48,50)/t39?,40?,41-,42-/m0/s1. The lowest BCUT2D eigenvalue weighted by atomic mass is 10.0. The van der Waals surface area contributed by atoms with Gasteiger partial charge in [-0.25, -0.2) is 14.6 Å². The van der Waals surface area contributed by atoms with Crippen LogP contribution in [0.5, 0.6) is 0 Å². The number of hydrogen-bond donors (Lipinski definition) is 1. The zero-order chi connectivity index (χ0) is 39.9. The molecule has 0 bridgehead atoms. The predicted molar refractivity (Wildman–Crippen MR) is 225 cm³/mol. The molecule has 298 valence electrons. The molecule has 10 nitrogen and oxygen atoms in total. The van der Waals surface area contributed by atoms with Gasteiger partial charge in [0, 0.05) is 30.9 Å². The Morgan fingerprint density at radius 1 is 0.667 bits per heavy atom. The molecule has 4 aliphatic heterocycles. The van der Waals surface area contributed by atoms with Crippen molar-refractivity contribution in [1.82, 2.24) is 19.8 Å². The van der Waals surface area contributed by atoms with Gasteiger partial charge in [0.25, 0.3) is 0 Å². The molecule has 0 spiro atoms. The van der Waals surface area contributed by atoms with Gasteiger partial charge >= 0.3 is 12.2 Å². The van der Waals surface area contributed by atoms with Gasteiger partial charge in [-0.2, -0.15) is 0 Å². The molecule has 3 fully saturated rings. The summed E-state index contributed by atoms with van der Waals surface area (Å²) in [6.45, 7) is 12.8.